The van der Waals surface area contributed by atoms with E-state index in [-0.39, 0.29) is 0 Å². The Hall–Kier alpha value is -6.45. The SMILES string of the molecule is c1ccc(-c2ccc(-c3nc(-c4ccccc4)nc(-c4c5ccccc5c(-c5ccccc5)c5c4ccc4ccccc45)n3)cc2)cc1. The van der Waals surface area contributed by atoms with Gasteiger partial charge in [-0.15, -0.1) is 0 Å². The molecule has 0 saturated carbocycles. The topological polar surface area (TPSA) is 38.7 Å². The Morgan fingerprint density at radius 2 is 0.688 bits per heavy atom. The predicted molar refractivity (Wildman–Crippen MR) is 200 cm³/mol. The number of fused-ring (bicyclic) bond motifs is 4. The molecule has 0 radical (unpaired) electrons. The molecule has 3 heteroatoms. The van der Waals surface area contributed by atoms with Crippen molar-refractivity contribution in [2.75, 3.05) is 0 Å². The van der Waals surface area contributed by atoms with Gasteiger partial charge in [-0.3, -0.25) is 0 Å². The maximum atomic E-state index is 5.26. The van der Waals surface area contributed by atoms with Crippen LogP contribution in [0.25, 0.3) is 88.7 Å². The lowest BCUT2D eigenvalue weighted by Crippen LogP contribution is -2.02. The maximum absolute atomic E-state index is 5.26. The summed E-state index contributed by atoms with van der Waals surface area (Å²) in [4.78, 5) is 15.5. The third kappa shape index (κ3) is 4.81. The van der Waals surface area contributed by atoms with Gasteiger partial charge in [-0.25, -0.2) is 15.0 Å². The summed E-state index contributed by atoms with van der Waals surface area (Å²) in [7, 11) is 0. The summed E-state index contributed by atoms with van der Waals surface area (Å²) in [5, 5.41) is 6.98. The molecular weight excluding hydrogens is 583 g/mol. The van der Waals surface area contributed by atoms with Gasteiger partial charge in [0.2, 0.25) is 0 Å². The molecular formula is C45H29N3. The normalized spacial score (nSPS) is 11.3. The fourth-order valence-electron chi connectivity index (χ4n) is 6.87. The molecule has 0 saturated heterocycles. The van der Waals surface area contributed by atoms with Crippen molar-refractivity contribution in [1.82, 2.24) is 15.0 Å². The van der Waals surface area contributed by atoms with Gasteiger partial charge in [-0.05, 0) is 54.6 Å². The van der Waals surface area contributed by atoms with Crippen molar-refractivity contribution in [1.29, 1.82) is 0 Å². The summed E-state index contributed by atoms with van der Waals surface area (Å²) in [6, 6.07) is 61.6. The van der Waals surface area contributed by atoms with E-state index in [4.69, 9.17) is 15.0 Å². The highest BCUT2D eigenvalue weighted by Gasteiger charge is 2.21. The zero-order valence-electron chi connectivity index (χ0n) is 26.1. The molecule has 0 atom stereocenters. The van der Waals surface area contributed by atoms with Crippen molar-refractivity contribution >= 4 is 32.3 Å². The van der Waals surface area contributed by atoms with E-state index in [1.54, 1.807) is 0 Å². The first-order chi connectivity index (χ1) is 23.8. The summed E-state index contributed by atoms with van der Waals surface area (Å²) < 4.78 is 0. The standard InChI is InChI=1S/C45H29N3/c1-4-14-30(15-5-1)31-24-26-35(27-25-31)44-46-43(34-19-8-3-9-20-34)47-45(48-44)42-38-23-13-12-22-37(38)40(33-17-6-2-7-18-33)41-36-21-11-10-16-32(36)28-29-39(41)42/h1-29H. The second-order valence-electron chi connectivity index (χ2n) is 12.0. The van der Waals surface area contributed by atoms with Crippen molar-refractivity contribution in [2.45, 2.75) is 0 Å². The molecule has 0 spiro atoms. The Morgan fingerprint density at radius 3 is 1.33 bits per heavy atom. The second kappa shape index (κ2) is 11.7. The first kappa shape index (κ1) is 27.8. The lowest BCUT2D eigenvalue weighted by molar-refractivity contribution is 1.08. The molecule has 1 heterocycles. The Morgan fingerprint density at radius 1 is 0.250 bits per heavy atom. The largest absolute Gasteiger partial charge is 0.208 e. The number of aromatic nitrogens is 3. The van der Waals surface area contributed by atoms with Crippen LogP contribution in [-0.4, -0.2) is 15.0 Å². The first-order valence-corrected chi connectivity index (χ1v) is 16.2. The molecule has 0 bridgehead atoms. The highest BCUT2D eigenvalue weighted by molar-refractivity contribution is 6.27. The fraction of sp³-hybridized carbons (Fsp3) is 0. The summed E-state index contributed by atoms with van der Waals surface area (Å²) in [6.07, 6.45) is 0. The summed E-state index contributed by atoms with van der Waals surface area (Å²) >= 11 is 0. The lowest BCUT2D eigenvalue weighted by Gasteiger charge is -2.19. The third-order valence-corrected chi connectivity index (χ3v) is 9.12. The van der Waals surface area contributed by atoms with E-state index >= 15 is 0 Å². The predicted octanol–water partition coefficient (Wildman–Crippen LogP) is 11.7. The fourth-order valence-corrected chi connectivity index (χ4v) is 6.87. The second-order valence-corrected chi connectivity index (χ2v) is 12.0. The average molecular weight is 612 g/mol. The molecule has 224 valence electrons. The molecule has 3 nitrogen and oxygen atoms in total. The Balaban J connectivity index is 1.36. The Kier molecular flexibility index (Phi) is 6.80. The molecule has 9 rings (SSSR count). The summed E-state index contributed by atoms with van der Waals surface area (Å²) in [5.41, 5.74) is 7.62. The quantitative estimate of drug-likeness (QED) is 0.144. The summed E-state index contributed by atoms with van der Waals surface area (Å²) in [6.45, 7) is 0. The van der Waals surface area contributed by atoms with E-state index in [0.717, 1.165) is 38.4 Å². The Labute approximate surface area is 278 Å². The van der Waals surface area contributed by atoms with Gasteiger partial charge in [0.25, 0.3) is 0 Å². The molecule has 48 heavy (non-hydrogen) atoms. The van der Waals surface area contributed by atoms with Gasteiger partial charge in [0.15, 0.2) is 17.5 Å². The van der Waals surface area contributed by atoms with Crippen molar-refractivity contribution in [3.63, 3.8) is 0 Å². The van der Waals surface area contributed by atoms with Crippen LogP contribution in [0.2, 0.25) is 0 Å². The van der Waals surface area contributed by atoms with Crippen molar-refractivity contribution in [3.8, 4) is 56.4 Å². The van der Waals surface area contributed by atoms with Crippen LogP contribution in [-0.2, 0) is 0 Å². The maximum Gasteiger partial charge on any atom is 0.165 e. The van der Waals surface area contributed by atoms with Gasteiger partial charge in [-0.1, -0.05) is 176 Å². The van der Waals surface area contributed by atoms with E-state index in [1.165, 1.54) is 32.8 Å². The van der Waals surface area contributed by atoms with Crippen LogP contribution in [0.4, 0.5) is 0 Å². The molecule has 0 aliphatic heterocycles. The zero-order valence-corrected chi connectivity index (χ0v) is 26.1. The zero-order chi connectivity index (χ0) is 31.9. The van der Waals surface area contributed by atoms with Gasteiger partial charge in [-0.2, -0.15) is 0 Å². The van der Waals surface area contributed by atoms with Gasteiger partial charge < -0.3 is 0 Å². The number of rotatable bonds is 5. The van der Waals surface area contributed by atoms with E-state index in [0.29, 0.717) is 17.5 Å². The molecule has 1 aromatic heterocycles. The number of hydrogen-bond donors (Lipinski definition) is 0. The van der Waals surface area contributed by atoms with Crippen LogP contribution in [0, 0.1) is 0 Å². The minimum atomic E-state index is 0.642. The van der Waals surface area contributed by atoms with Gasteiger partial charge in [0, 0.05) is 16.7 Å². The lowest BCUT2D eigenvalue weighted by atomic mass is 9.86. The summed E-state index contributed by atoms with van der Waals surface area (Å²) in [5.74, 6) is 1.94. The molecule has 9 aromatic rings. The molecule has 0 aliphatic rings. The molecule has 8 aromatic carbocycles. The highest BCUT2D eigenvalue weighted by atomic mass is 15.0. The van der Waals surface area contributed by atoms with Gasteiger partial charge >= 0.3 is 0 Å². The number of hydrogen-bond acceptors (Lipinski definition) is 3. The minimum Gasteiger partial charge on any atom is -0.208 e. The van der Waals surface area contributed by atoms with E-state index in [2.05, 4.69) is 152 Å². The smallest absolute Gasteiger partial charge is 0.165 e. The van der Waals surface area contributed by atoms with Crippen LogP contribution in [0.15, 0.2) is 176 Å². The van der Waals surface area contributed by atoms with Crippen LogP contribution >= 0.6 is 0 Å². The van der Waals surface area contributed by atoms with Crippen molar-refractivity contribution < 1.29 is 0 Å². The number of benzene rings is 8. The van der Waals surface area contributed by atoms with E-state index in [1.807, 2.05) is 24.3 Å². The molecule has 0 N–H and O–H groups in total. The minimum absolute atomic E-state index is 0.642. The average Bonchev–Trinajstić information content (AvgIpc) is 3.17. The number of nitrogens with zero attached hydrogens (tertiary/aromatic N) is 3. The monoisotopic (exact) mass is 611 g/mol. The van der Waals surface area contributed by atoms with Crippen LogP contribution in [0.5, 0.6) is 0 Å². The highest BCUT2D eigenvalue weighted by Crippen LogP contribution is 2.45. The molecule has 0 aliphatic carbocycles. The molecule has 0 unspecified atom stereocenters. The molecule has 0 amide bonds. The van der Waals surface area contributed by atoms with Crippen LogP contribution < -0.4 is 0 Å². The third-order valence-electron chi connectivity index (χ3n) is 9.12. The first-order valence-electron chi connectivity index (χ1n) is 16.2. The molecule has 0 fully saturated rings. The Bertz CT molecular complexity index is 2580. The van der Waals surface area contributed by atoms with Crippen molar-refractivity contribution in [2.24, 2.45) is 0 Å². The van der Waals surface area contributed by atoms with Crippen LogP contribution in [0.3, 0.4) is 0 Å². The van der Waals surface area contributed by atoms with Gasteiger partial charge in [0.1, 0.15) is 0 Å². The van der Waals surface area contributed by atoms with Crippen molar-refractivity contribution in [3.05, 3.63) is 176 Å². The van der Waals surface area contributed by atoms with Gasteiger partial charge in [0.05, 0.1) is 0 Å². The van der Waals surface area contributed by atoms with E-state index < -0.39 is 0 Å². The van der Waals surface area contributed by atoms with E-state index in [9.17, 15) is 0 Å². The van der Waals surface area contributed by atoms with Crippen LogP contribution in [0.1, 0.15) is 0 Å².